The number of carbonyl (C=O) groups is 1. The van der Waals surface area contributed by atoms with Gasteiger partial charge in [0.25, 0.3) is 0 Å². The van der Waals surface area contributed by atoms with Gasteiger partial charge in [-0.25, -0.2) is 4.79 Å². The van der Waals surface area contributed by atoms with E-state index in [-0.39, 0.29) is 12.1 Å². The number of aryl methyl sites for hydroxylation is 1. The Balaban J connectivity index is 2.02. The van der Waals surface area contributed by atoms with E-state index in [9.17, 15) is 4.79 Å². The summed E-state index contributed by atoms with van der Waals surface area (Å²) in [5.74, 6) is 1.32. The molecular weight excluding hydrogens is 316 g/mol. The predicted molar refractivity (Wildman–Crippen MR) is 89.4 cm³/mol. The van der Waals surface area contributed by atoms with E-state index >= 15 is 0 Å². The molecule has 0 aliphatic rings. The van der Waals surface area contributed by atoms with Gasteiger partial charge < -0.3 is 14.8 Å². The van der Waals surface area contributed by atoms with Crippen molar-refractivity contribution in [2.24, 2.45) is 0 Å². The maximum Gasteiger partial charge on any atom is 0.321 e. The summed E-state index contributed by atoms with van der Waals surface area (Å²) >= 11 is 1.32. The zero-order valence-corrected chi connectivity index (χ0v) is 14.4. The second kappa shape index (κ2) is 7.77. The first-order valence-electron chi connectivity index (χ1n) is 7.21. The van der Waals surface area contributed by atoms with Crippen molar-refractivity contribution >= 4 is 22.5 Å². The summed E-state index contributed by atoms with van der Waals surface area (Å²) in [5.41, 5.74) is 0.911. The van der Waals surface area contributed by atoms with Crippen molar-refractivity contribution in [2.45, 2.75) is 26.8 Å². The smallest absolute Gasteiger partial charge is 0.321 e. The quantitative estimate of drug-likeness (QED) is 0.846. The van der Waals surface area contributed by atoms with Crippen molar-refractivity contribution in [1.82, 2.24) is 15.5 Å². The molecule has 2 amide bonds. The third-order valence-corrected chi connectivity index (χ3v) is 3.84. The number of benzene rings is 1. The second-order valence-corrected chi connectivity index (χ2v) is 5.97. The first-order valence-corrected chi connectivity index (χ1v) is 8.03. The third-order valence-electron chi connectivity index (χ3n) is 3.08. The predicted octanol–water partition coefficient (Wildman–Crippen LogP) is 3.14. The van der Waals surface area contributed by atoms with Gasteiger partial charge in [-0.1, -0.05) is 17.4 Å². The fourth-order valence-electron chi connectivity index (χ4n) is 1.99. The molecule has 8 heteroatoms. The van der Waals surface area contributed by atoms with Crippen molar-refractivity contribution in [2.75, 3.05) is 19.0 Å². The molecule has 1 aromatic carbocycles. The molecule has 1 atom stereocenters. The molecule has 0 aliphatic carbocycles. The highest BCUT2D eigenvalue weighted by Crippen LogP contribution is 2.30. The van der Waals surface area contributed by atoms with Crippen molar-refractivity contribution < 1.29 is 14.3 Å². The first kappa shape index (κ1) is 17.0. The van der Waals surface area contributed by atoms with Gasteiger partial charge in [-0.05, 0) is 38.5 Å². The largest absolute Gasteiger partial charge is 0.493 e. The van der Waals surface area contributed by atoms with Crippen LogP contribution >= 0.6 is 11.3 Å². The zero-order chi connectivity index (χ0) is 16.8. The number of carbonyl (C=O) groups excluding carboxylic acids is 1. The highest BCUT2D eigenvalue weighted by molar-refractivity contribution is 7.15. The van der Waals surface area contributed by atoms with E-state index in [1.165, 1.54) is 11.3 Å². The zero-order valence-electron chi connectivity index (χ0n) is 13.5. The lowest BCUT2D eigenvalue weighted by Crippen LogP contribution is -2.31. The highest BCUT2D eigenvalue weighted by Gasteiger charge is 2.14. The Bertz CT molecular complexity index is 674. The number of rotatable bonds is 6. The number of nitrogens with one attached hydrogen (secondary N) is 2. The van der Waals surface area contributed by atoms with Crippen LogP contribution in [0.5, 0.6) is 11.5 Å². The third kappa shape index (κ3) is 4.56. The van der Waals surface area contributed by atoms with Crippen LogP contribution in [0.2, 0.25) is 0 Å². The van der Waals surface area contributed by atoms with Gasteiger partial charge in [0.15, 0.2) is 11.5 Å². The molecule has 124 valence electrons. The topological polar surface area (TPSA) is 85.4 Å². The number of anilines is 1. The number of amides is 2. The SMILES string of the molecule is CCOc1ccc([C@H](C)NC(=O)Nc2nnc(C)s2)cc1OC. The lowest BCUT2D eigenvalue weighted by molar-refractivity contribution is 0.249. The molecule has 0 fully saturated rings. The van der Waals surface area contributed by atoms with Crippen LogP contribution in [0.1, 0.15) is 30.5 Å². The molecule has 7 nitrogen and oxygen atoms in total. The molecule has 0 radical (unpaired) electrons. The molecule has 2 N–H and O–H groups in total. The van der Waals surface area contributed by atoms with Crippen LogP contribution in [0.15, 0.2) is 18.2 Å². The number of hydrogen-bond acceptors (Lipinski definition) is 6. The molecule has 0 aliphatic heterocycles. The monoisotopic (exact) mass is 336 g/mol. The van der Waals surface area contributed by atoms with Gasteiger partial charge in [-0.3, -0.25) is 5.32 Å². The number of nitrogens with zero attached hydrogens (tertiary/aromatic N) is 2. The Morgan fingerprint density at radius 3 is 2.74 bits per heavy atom. The van der Waals surface area contributed by atoms with E-state index in [2.05, 4.69) is 20.8 Å². The first-order chi connectivity index (χ1) is 11.0. The van der Waals surface area contributed by atoms with Crippen LogP contribution in [0.4, 0.5) is 9.93 Å². The molecule has 0 unspecified atom stereocenters. The molecule has 2 rings (SSSR count). The van der Waals surface area contributed by atoms with E-state index in [0.29, 0.717) is 23.2 Å². The van der Waals surface area contributed by atoms with Gasteiger partial charge >= 0.3 is 6.03 Å². The van der Waals surface area contributed by atoms with E-state index in [1.807, 2.05) is 39.0 Å². The standard InChI is InChI=1S/C15H20N4O3S/c1-5-22-12-7-6-11(8-13(12)21-4)9(2)16-14(20)17-15-19-18-10(3)23-15/h6-9H,5H2,1-4H3,(H2,16,17,19,20)/t9-/m0/s1. The van der Waals surface area contributed by atoms with Crippen molar-refractivity contribution in [1.29, 1.82) is 0 Å². The lowest BCUT2D eigenvalue weighted by Gasteiger charge is -2.16. The molecule has 0 spiro atoms. The Kier molecular flexibility index (Phi) is 5.75. The Morgan fingerprint density at radius 1 is 1.35 bits per heavy atom. The van der Waals surface area contributed by atoms with Gasteiger partial charge in [-0.15, -0.1) is 10.2 Å². The summed E-state index contributed by atoms with van der Waals surface area (Å²) in [7, 11) is 1.59. The van der Waals surface area contributed by atoms with Crippen LogP contribution in [0.3, 0.4) is 0 Å². The summed E-state index contributed by atoms with van der Waals surface area (Å²) in [4.78, 5) is 12.0. The number of ether oxygens (including phenoxy) is 2. The molecule has 2 aromatic rings. The lowest BCUT2D eigenvalue weighted by atomic mass is 10.1. The molecule has 1 heterocycles. The summed E-state index contributed by atoms with van der Waals surface area (Å²) in [5, 5.41) is 14.5. The number of hydrogen-bond donors (Lipinski definition) is 2. The summed E-state index contributed by atoms with van der Waals surface area (Å²) < 4.78 is 10.8. The molecular formula is C15H20N4O3S. The van der Waals surface area contributed by atoms with Crippen LogP contribution < -0.4 is 20.1 Å². The summed E-state index contributed by atoms with van der Waals surface area (Å²) in [6.07, 6.45) is 0. The van der Waals surface area contributed by atoms with Gasteiger partial charge in [0, 0.05) is 0 Å². The van der Waals surface area contributed by atoms with Gasteiger partial charge in [0.1, 0.15) is 5.01 Å². The van der Waals surface area contributed by atoms with Crippen LogP contribution in [-0.2, 0) is 0 Å². The Hall–Kier alpha value is -2.35. The molecule has 0 bridgehead atoms. The number of methoxy groups -OCH3 is 1. The minimum atomic E-state index is -0.332. The highest BCUT2D eigenvalue weighted by atomic mass is 32.1. The van der Waals surface area contributed by atoms with E-state index < -0.39 is 0 Å². The molecule has 1 aromatic heterocycles. The van der Waals surface area contributed by atoms with Crippen molar-refractivity contribution in [3.8, 4) is 11.5 Å². The molecule has 0 saturated heterocycles. The molecule has 0 saturated carbocycles. The van der Waals surface area contributed by atoms with E-state index in [0.717, 1.165) is 10.6 Å². The van der Waals surface area contributed by atoms with Crippen LogP contribution in [0, 0.1) is 6.92 Å². The average molecular weight is 336 g/mol. The fraction of sp³-hybridized carbons (Fsp3) is 0.400. The Labute approximate surface area is 139 Å². The van der Waals surface area contributed by atoms with E-state index in [4.69, 9.17) is 9.47 Å². The summed E-state index contributed by atoms with van der Waals surface area (Å²) in [6.45, 7) is 6.19. The van der Waals surface area contributed by atoms with Gasteiger partial charge in [-0.2, -0.15) is 0 Å². The Morgan fingerprint density at radius 2 is 2.13 bits per heavy atom. The maximum absolute atomic E-state index is 12.0. The normalized spacial score (nSPS) is 11.7. The van der Waals surface area contributed by atoms with Crippen LogP contribution in [-0.4, -0.2) is 29.9 Å². The minimum Gasteiger partial charge on any atom is -0.493 e. The average Bonchev–Trinajstić information content (AvgIpc) is 2.92. The minimum absolute atomic E-state index is 0.200. The number of aromatic nitrogens is 2. The fourth-order valence-corrected chi connectivity index (χ4v) is 2.58. The second-order valence-electron chi connectivity index (χ2n) is 4.79. The van der Waals surface area contributed by atoms with Crippen molar-refractivity contribution in [3.63, 3.8) is 0 Å². The summed E-state index contributed by atoms with van der Waals surface area (Å²) in [6, 6.07) is 5.05. The van der Waals surface area contributed by atoms with Gasteiger partial charge in [0.05, 0.1) is 19.8 Å². The maximum atomic E-state index is 12.0. The van der Waals surface area contributed by atoms with Crippen LogP contribution in [0.25, 0.3) is 0 Å². The number of urea groups is 1. The van der Waals surface area contributed by atoms with Crippen molar-refractivity contribution in [3.05, 3.63) is 28.8 Å². The van der Waals surface area contributed by atoms with Gasteiger partial charge in [0.2, 0.25) is 5.13 Å². The molecule has 23 heavy (non-hydrogen) atoms. The van der Waals surface area contributed by atoms with E-state index in [1.54, 1.807) is 7.11 Å².